The van der Waals surface area contributed by atoms with Crippen LogP contribution in [0.3, 0.4) is 0 Å². The van der Waals surface area contributed by atoms with E-state index in [-0.39, 0.29) is 18.3 Å². The third-order valence-corrected chi connectivity index (χ3v) is 5.73. The van der Waals surface area contributed by atoms with E-state index >= 15 is 0 Å². The number of alkyl halides is 2. The zero-order valence-corrected chi connectivity index (χ0v) is 17.9. The first-order valence-corrected chi connectivity index (χ1v) is 10.6. The lowest BCUT2D eigenvalue weighted by Gasteiger charge is -2.32. The van der Waals surface area contributed by atoms with Crippen LogP contribution in [0.25, 0.3) is 0 Å². The van der Waals surface area contributed by atoms with Crippen LogP contribution in [-0.4, -0.2) is 33.2 Å². The van der Waals surface area contributed by atoms with E-state index < -0.39 is 6.43 Å². The second kappa shape index (κ2) is 9.62. The molecule has 7 nitrogen and oxygen atoms in total. The Balaban J connectivity index is 1.60. The zero-order chi connectivity index (χ0) is 22.7. The van der Waals surface area contributed by atoms with Crippen LogP contribution in [-0.2, 0) is 13.0 Å². The molecule has 0 amide bonds. The molecule has 0 fully saturated rings. The molecule has 1 aliphatic heterocycles. The van der Waals surface area contributed by atoms with Gasteiger partial charge in [0, 0.05) is 42.9 Å². The fraction of sp³-hybridized carbons (Fsp3) is 0.318. The fourth-order valence-electron chi connectivity index (χ4n) is 3.85. The van der Waals surface area contributed by atoms with Gasteiger partial charge in [-0.15, -0.1) is 0 Å². The predicted molar refractivity (Wildman–Crippen MR) is 120 cm³/mol. The van der Waals surface area contributed by atoms with Crippen molar-refractivity contribution < 1.29 is 13.9 Å². The van der Waals surface area contributed by atoms with E-state index in [1.165, 1.54) is 18.6 Å². The van der Waals surface area contributed by atoms with Crippen LogP contribution in [0, 0.1) is 0 Å². The molecule has 1 aliphatic rings. The summed E-state index contributed by atoms with van der Waals surface area (Å²) < 4.78 is 25.7. The molecule has 2 aromatic heterocycles. The van der Waals surface area contributed by atoms with Crippen molar-refractivity contribution in [3.63, 3.8) is 0 Å². The van der Waals surface area contributed by atoms with Gasteiger partial charge in [-0.25, -0.2) is 18.7 Å². The summed E-state index contributed by atoms with van der Waals surface area (Å²) in [5.41, 5.74) is 9.91. The van der Waals surface area contributed by atoms with E-state index in [4.69, 9.17) is 17.3 Å². The highest BCUT2D eigenvalue weighted by atomic mass is 35.5. The standard InChI is InChI=1S/C22H23ClF2N6O/c23-14-2-4-20(16(26)9-14)31-7-5-18-15(11-31)22(29-12-28-18)30-17(6-8-32)13-1-3-19(21(24)25)27-10-13/h1-4,9-10,12,17,21,32H,5-8,11,26H2,(H,28,29,30)/t17-/m1/s1. The van der Waals surface area contributed by atoms with Crippen LogP contribution < -0.4 is 16.0 Å². The van der Waals surface area contributed by atoms with Crippen LogP contribution in [0.5, 0.6) is 0 Å². The normalized spacial score (nSPS) is 14.3. The first-order chi connectivity index (χ1) is 15.5. The molecule has 0 saturated carbocycles. The van der Waals surface area contributed by atoms with Gasteiger partial charge >= 0.3 is 0 Å². The SMILES string of the molecule is Nc1cc(Cl)ccc1N1CCc2ncnc(N[C@H](CCO)c3ccc(C(F)F)nc3)c2C1. The Labute approximate surface area is 189 Å². The number of aliphatic hydroxyl groups is 1. The summed E-state index contributed by atoms with van der Waals surface area (Å²) >= 11 is 6.04. The van der Waals surface area contributed by atoms with E-state index in [9.17, 15) is 13.9 Å². The van der Waals surface area contributed by atoms with Crippen molar-refractivity contribution in [2.75, 3.05) is 29.1 Å². The van der Waals surface area contributed by atoms with Crippen LogP contribution in [0.1, 0.15) is 41.4 Å². The van der Waals surface area contributed by atoms with Crippen molar-refractivity contribution >= 4 is 28.8 Å². The highest BCUT2D eigenvalue weighted by Gasteiger charge is 2.24. The Bertz CT molecular complexity index is 1080. The summed E-state index contributed by atoms with van der Waals surface area (Å²) in [5, 5.41) is 13.5. The van der Waals surface area contributed by atoms with Gasteiger partial charge in [0.1, 0.15) is 17.8 Å². The minimum Gasteiger partial charge on any atom is -0.397 e. The molecule has 1 atom stereocenters. The number of fused-ring (bicyclic) bond motifs is 1. The van der Waals surface area contributed by atoms with Crippen LogP contribution in [0.15, 0.2) is 42.9 Å². The average Bonchev–Trinajstić information content (AvgIpc) is 2.79. The Morgan fingerprint density at radius 3 is 2.72 bits per heavy atom. The smallest absolute Gasteiger partial charge is 0.280 e. The van der Waals surface area contributed by atoms with Gasteiger partial charge in [-0.3, -0.25) is 4.98 Å². The summed E-state index contributed by atoms with van der Waals surface area (Å²) in [4.78, 5) is 14.8. The summed E-state index contributed by atoms with van der Waals surface area (Å²) in [6.45, 7) is 1.20. The highest BCUT2D eigenvalue weighted by Crippen LogP contribution is 2.33. The highest BCUT2D eigenvalue weighted by molar-refractivity contribution is 6.31. The molecule has 1 aromatic carbocycles. The summed E-state index contributed by atoms with van der Waals surface area (Å²) in [6, 6.07) is 7.96. The largest absolute Gasteiger partial charge is 0.397 e. The minimum atomic E-state index is -2.63. The van der Waals surface area contributed by atoms with Crippen LogP contribution >= 0.6 is 11.6 Å². The Morgan fingerprint density at radius 1 is 1.19 bits per heavy atom. The summed E-state index contributed by atoms with van der Waals surface area (Å²) in [5.74, 6) is 0.628. The van der Waals surface area contributed by atoms with Gasteiger partial charge in [0.25, 0.3) is 6.43 Å². The zero-order valence-electron chi connectivity index (χ0n) is 17.2. The molecule has 0 aliphatic carbocycles. The van der Waals surface area contributed by atoms with Crippen molar-refractivity contribution in [1.29, 1.82) is 0 Å². The van der Waals surface area contributed by atoms with E-state index in [0.717, 1.165) is 23.5 Å². The predicted octanol–water partition coefficient (Wildman–Crippen LogP) is 4.14. The third-order valence-electron chi connectivity index (χ3n) is 5.50. The molecule has 10 heteroatoms. The lowest BCUT2D eigenvalue weighted by Crippen LogP contribution is -2.32. The molecule has 3 heterocycles. The van der Waals surface area contributed by atoms with Gasteiger partial charge in [0.2, 0.25) is 0 Å². The van der Waals surface area contributed by atoms with Crippen molar-refractivity contribution in [2.45, 2.75) is 31.9 Å². The molecular weight excluding hydrogens is 438 g/mol. The topological polar surface area (TPSA) is 100 Å². The number of hydrogen-bond donors (Lipinski definition) is 3. The van der Waals surface area contributed by atoms with E-state index in [1.54, 1.807) is 18.2 Å². The lowest BCUT2D eigenvalue weighted by atomic mass is 10.0. The molecule has 3 aromatic rings. The molecule has 0 spiro atoms. The van der Waals surface area contributed by atoms with Crippen LogP contribution in [0.2, 0.25) is 5.02 Å². The molecule has 4 rings (SSSR count). The molecule has 32 heavy (non-hydrogen) atoms. The van der Waals surface area contributed by atoms with Crippen molar-refractivity contribution in [1.82, 2.24) is 15.0 Å². The van der Waals surface area contributed by atoms with Gasteiger partial charge in [-0.1, -0.05) is 17.7 Å². The van der Waals surface area contributed by atoms with E-state index in [2.05, 4.69) is 25.2 Å². The number of nitrogens with one attached hydrogen (secondary N) is 1. The molecular formula is C22H23ClF2N6O. The van der Waals surface area contributed by atoms with Gasteiger partial charge < -0.3 is 21.1 Å². The lowest BCUT2D eigenvalue weighted by molar-refractivity contribution is 0.146. The second-order valence-electron chi connectivity index (χ2n) is 7.55. The number of hydrogen-bond acceptors (Lipinski definition) is 7. The molecule has 168 valence electrons. The number of anilines is 3. The molecule has 0 unspecified atom stereocenters. The van der Waals surface area contributed by atoms with E-state index in [0.29, 0.717) is 41.5 Å². The van der Waals surface area contributed by atoms with E-state index in [1.807, 2.05) is 6.07 Å². The van der Waals surface area contributed by atoms with Gasteiger partial charge in [-0.05, 0) is 36.2 Å². The molecule has 4 N–H and O–H groups in total. The maximum absolute atomic E-state index is 12.9. The number of rotatable bonds is 7. The Morgan fingerprint density at radius 2 is 2.03 bits per heavy atom. The molecule has 0 radical (unpaired) electrons. The second-order valence-corrected chi connectivity index (χ2v) is 7.98. The molecule has 0 saturated heterocycles. The number of aliphatic hydroxyl groups excluding tert-OH is 1. The number of nitrogens with two attached hydrogens (primary N) is 1. The quantitative estimate of drug-likeness (QED) is 0.455. The van der Waals surface area contributed by atoms with Gasteiger partial charge in [0.15, 0.2) is 0 Å². The van der Waals surface area contributed by atoms with Gasteiger partial charge in [0.05, 0.1) is 23.1 Å². The van der Waals surface area contributed by atoms with Gasteiger partial charge in [-0.2, -0.15) is 0 Å². The average molecular weight is 461 g/mol. The monoisotopic (exact) mass is 460 g/mol. The third kappa shape index (κ3) is 4.73. The Kier molecular flexibility index (Phi) is 6.66. The minimum absolute atomic E-state index is 0.0883. The number of nitrogens with zero attached hydrogens (tertiary/aromatic N) is 4. The Hall–Kier alpha value is -3.04. The number of aromatic nitrogens is 3. The number of pyridine rings is 1. The first kappa shape index (κ1) is 22.2. The van der Waals surface area contributed by atoms with Crippen molar-refractivity contribution in [2.24, 2.45) is 0 Å². The number of halogens is 3. The van der Waals surface area contributed by atoms with Crippen molar-refractivity contribution in [3.8, 4) is 0 Å². The number of benzene rings is 1. The summed E-state index contributed by atoms with van der Waals surface area (Å²) in [6.07, 6.45) is 1.35. The number of nitrogen functional groups attached to an aromatic ring is 1. The fourth-order valence-corrected chi connectivity index (χ4v) is 4.03. The molecule has 0 bridgehead atoms. The maximum atomic E-state index is 12.9. The first-order valence-electron chi connectivity index (χ1n) is 10.2. The van der Waals surface area contributed by atoms with Crippen molar-refractivity contribution in [3.05, 3.63) is 70.4 Å². The maximum Gasteiger partial charge on any atom is 0.280 e. The summed E-state index contributed by atoms with van der Waals surface area (Å²) in [7, 11) is 0. The van der Waals surface area contributed by atoms with Crippen LogP contribution in [0.4, 0.5) is 26.0 Å².